The van der Waals surface area contributed by atoms with Crippen LogP contribution in [0.4, 0.5) is 10.1 Å². The third-order valence-electron chi connectivity index (χ3n) is 6.09. The Bertz CT molecular complexity index is 975. The molecule has 2 aliphatic rings. The van der Waals surface area contributed by atoms with Crippen LogP contribution in [0.1, 0.15) is 48.0 Å². The number of piperazine rings is 1. The van der Waals surface area contributed by atoms with E-state index in [9.17, 15) is 18.8 Å². The molecule has 3 amide bonds. The number of nitrogens with zero attached hydrogens (tertiary/aromatic N) is 1. The Hall–Kier alpha value is -3.22. The lowest BCUT2D eigenvalue weighted by Gasteiger charge is -2.48. The summed E-state index contributed by atoms with van der Waals surface area (Å²) in [6.45, 7) is 1.96. The van der Waals surface area contributed by atoms with Crippen molar-refractivity contribution in [3.8, 4) is 0 Å². The molecule has 3 atom stereocenters. The van der Waals surface area contributed by atoms with Gasteiger partial charge in [-0.15, -0.1) is 0 Å². The highest BCUT2D eigenvalue weighted by Gasteiger charge is 2.46. The first-order valence-electron chi connectivity index (χ1n) is 10.7. The number of nitrogens with one attached hydrogen (secondary N) is 2. The van der Waals surface area contributed by atoms with E-state index in [1.807, 2.05) is 19.1 Å². The van der Waals surface area contributed by atoms with Gasteiger partial charge in [0.2, 0.25) is 11.8 Å². The van der Waals surface area contributed by atoms with Crippen LogP contribution in [0.2, 0.25) is 0 Å². The first kappa shape index (κ1) is 21.0. The maximum atomic E-state index is 13.4. The summed E-state index contributed by atoms with van der Waals surface area (Å²) in [5.74, 6) is -1.44. The summed E-state index contributed by atoms with van der Waals surface area (Å²) in [4.78, 5) is 40.6. The standard InChI is InChI=1S/C24H26FN3O3/c1-15-6-12-18(13-7-15)26-22(29)14-21-23(30)27-19-4-2-3-5-20(19)28(21)24(31)16-8-10-17(25)11-9-16/h6-13,19-21H,2-5,14H2,1H3,(H,26,29)(H,27,30)/t19-,20+,21+/m0/s1. The Labute approximate surface area is 180 Å². The van der Waals surface area contributed by atoms with E-state index >= 15 is 0 Å². The van der Waals surface area contributed by atoms with E-state index in [-0.39, 0.29) is 36.2 Å². The fraction of sp³-hybridized carbons (Fsp3) is 0.375. The van der Waals surface area contributed by atoms with Crippen molar-refractivity contribution in [2.75, 3.05) is 5.32 Å². The van der Waals surface area contributed by atoms with Crippen molar-refractivity contribution >= 4 is 23.4 Å². The Morgan fingerprint density at radius 2 is 1.74 bits per heavy atom. The molecule has 162 valence electrons. The van der Waals surface area contributed by atoms with Gasteiger partial charge in [0.05, 0.1) is 12.5 Å². The maximum absolute atomic E-state index is 13.4. The van der Waals surface area contributed by atoms with E-state index in [1.54, 1.807) is 17.0 Å². The van der Waals surface area contributed by atoms with Crippen molar-refractivity contribution in [3.05, 3.63) is 65.5 Å². The van der Waals surface area contributed by atoms with E-state index in [0.717, 1.165) is 31.2 Å². The van der Waals surface area contributed by atoms with Gasteiger partial charge in [-0.3, -0.25) is 14.4 Å². The van der Waals surface area contributed by atoms with Crippen LogP contribution in [-0.2, 0) is 9.59 Å². The number of fused-ring (bicyclic) bond motifs is 1. The molecule has 0 unspecified atom stereocenters. The van der Waals surface area contributed by atoms with Crippen LogP contribution < -0.4 is 10.6 Å². The van der Waals surface area contributed by atoms with Gasteiger partial charge in [0.25, 0.3) is 5.91 Å². The molecule has 2 aromatic rings. The van der Waals surface area contributed by atoms with Gasteiger partial charge in [0.1, 0.15) is 11.9 Å². The topological polar surface area (TPSA) is 78.5 Å². The molecule has 2 fully saturated rings. The molecule has 1 heterocycles. The van der Waals surface area contributed by atoms with E-state index in [2.05, 4.69) is 10.6 Å². The third kappa shape index (κ3) is 4.60. The summed E-state index contributed by atoms with van der Waals surface area (Å²) in [7, 11) is 0. The first-order valence-corrected chi connectivity index (χ1v) is 10.7. The van der Waals surface area contributed by atoms with Crippen molar-refractivity contribution in [3.63, 3.8) is 0 Å². The number of amides is 3. The Morgan fingerprint density at radius 1 is 1.06 bits per heavy atom. The molecule has 0 radical (unpaired) electrons. The summed E-state index contributed by atoms with van der Waals surface area (Å²) >= 11 is 0. The lowest BCUT2D eigenvalue weighted by molar-refractivity contribution is -0.135. The quantitative estimate of drug-likeness (QED) is 0.791. The summed E-state index contributed by atoms with van der Waals surface area (Å²) in [5, 5.41) is 5.83. The van der Waals surface area contributed by atoms with Crippen molar-refractivity contribution in [2.45, 2.75) is 57.2 Å². The number of halogens is 1. The molecule has 1 saturated heterocycles. The minimum absolute atomic E-state index is 0.123. The van der Waals surface area contributed by atoms with Gasteiger partial charge in [-0.05, 0) is 56.2 Å². The second-order valence-electron chi connectivity index (χ2n) is 8.32. The van der Waals surface area contributed by atoms with E-state index in [0.29, 0.717) is 11.3 Å². The number of rotatable bonds is 4. The van der Waals surface area contributed by atoms with Crippen molar-refractivity contribution in [1.29, 1.82) is 0 Å². The lowest BCUT2D eigenvalue weighted by atomic mass is 9.84. The molecule has 2 aromatic carbocycles. The van der Waals surface area contributed by atoms with Crippen molar-refractivity contribution in [1.82, 2.24) is 10.2 Å². The van der Waals surface area contributed by atoms with Crippen LogP contribution >= 0.6 is 0 Å². The lowest BCUT2D eigenvalue weighted by Crippen LogP contribution is -2.68. The normalized spacial score (nSPS) is 23.0. The molecule has 0 spiro atoms. The SMILES string of the molecule is Cc1ccc(NC(=O)C[C@@H]2C(=O)N[C@H]3CCCC[C@H]3N2C(=O)c2ccc(F)cc2)cc1. The molecule has 31 heavy (non-hydrogen) atoms. The van der Waals surface area contributed by atoms with E-state index < -0.39 is 11.9 Å². The minimum atomic E-state index is -0.914. The van der Waals surface area contributed by atoms with Gasteiger partial charge in [-0.2, -0.15) is 0 Å². The molecule has 6 nitrogen and oxygen atoms in total. The Morgan fingerprint density at radius 3 is 2.45 bits per heavy atom. The third-order valence-corrected chi connectivity index (χ3v) is 6.09. The van der Waals surface area contributed by atoms with Crippen molar-refractivity contribution in [2.24, 2.45) is 0 Å². The number of carbonyl (C=O) groups is 3. The zero-order valence-corrected chi connectivity index (χ0v) is 17.4. The number of carbonyl (C=O) groups excluding carboxylic acids is 3. The second kappa shape index (κ2) is 8.88. The highest BCUT2D eigenvalue weighted by atomic mass is 19.1. The Kier molecular flexibility index (Phi) is 6.02. The summed E-state index contributed by atoms with van der Waals surface area (Å²) in [6.07, 6.45) is 3.35. The molecule has 2 N–H and O–H groups in total. The van der Waals surface area contributed by atoms with Crippen molar-refractivity contribution < 1.29 is 18.8 Å². The van der Waals surface area contributed by atoms with Gasteiger partial charge >= 0.3 is 0 Å². The van der Waals surface area contributed by atoms with Crippen LogP contribution in [0.25, 0.3) is 0 Å². The molecule has 1 aliphatic carbocycles. The molecular weight excluding hydrogens is 397 g/mol. The summed E-state index contributed by atoms with van der Waals surface area (Å²) in [5.41, 5.74) is 2.02. The zero-order chi connectivity index (χ0) is 22.0. The van der Waals surface area contributed by atoms with Gasteiger partial charge in [-0.25, -0.2) is 4.39 Å². The van der Waals surface area contributed by atoms with Gasteiger partial charge < -0.3 is 15.5 Å². The number of hydrogen-bond donors (Lipinski definition) is 2. The highest BCUT2D eigenvalue weighted by molar-refractivity contribution is 6.01. The number of aryl methyl sites for hydroxylation is 1. The van der Waals surface area contributed by atoms with Crippen LogP contribution in [0.5, 0.6) is 0 Å². The van der Waals surface area contributed by atoms with Crippen LogP contribution in [0.3, 0.4) is 0 Å². The van der Waals surface area contributed by atoms with E-state index in [4.69, 9.17) is 0 Å². The molecule has 0 aromatic heterocycles. The zero-order valence-electron chi connectivity index (χ0n) is 17.4. The molecule has 4 rings (SSSR count). The van der Waals surface area contributed by atoms with Crippen LogP contribution in [0.15, 0.2) is 48.5 Å². The number of anilines is 1. The monoisotopic (exact) mass is 423 g/mol. The average Bonchev–Trinajstić information content (AvgIpc) is 2.76. The minimum Gasteiger partial charge on any atom is -0.349 e. The number of benzene rings is 2. The van der Waals surface area contributed by atoms with Gasteiger partial charge in [0.15, 0.2) is 0 Å². The molecule has 0 bridgehead atoms. The van der Waals surface area contributed by atoms with Gasteiger partial charge in [-0.1, -0.05) is 30.5 Å². The fourth-order valence-electron chi connectivity index (χ4n) is 4.50. The fourth-order valence-corrected chi connectivity index (χ4v) is 4.50. The highest BCUT2D eigenvalue weighted by Crippen LogP contribution is 2.31. The number of hydrogen-bond acceptors (Lipinski definition) is 3. The van der Waals surface area contributed by atoms with Crippen LogP contribution in [0, 0.1) is 12.7 Å². The average molecular weight is 423 g/mol. The van der Waals surface area contributed by atoms with Gasteiger partial charge in [0, 0.05) is 17.3 Å². The predicted molar refractivity (Wildman–Crippen MR) is 115 cm³/mol. The summed E-state index contributed by atoms with van der Waals surface area (Å²) < 4.78 is 13.4. The molecule has 7 heteroatoms. The summed E-state index contributed by atoms with van der Waals surface area (Å²) in [6, 6.07) is 11.5. The molecular formula is C24H26FN3O3. The molecule has 1 aliphatic heterocycles. The maximum Gasteiger partial charge on any atom is 0.254 e. The smallest absolute Gasteiger partial charge is 0.254 e. The van der Waals surface area contributed by atoms with Crippen LogP contribution in [-0.4, -0.2) is 40.7 Å². The Balaban J connectivity index is 1.58. The predicted octanol–water partition coefficient (Wildman–Crippen LogP) is 3.41. The largest absolute Gasteiger partial charge is 0.349 e. The molecule has 1 saturated carbocycles. The van der Waals surface area contributed by atoms with E-state index in [1.165, 1.54) is 24.3 Å². The first-order chi connectivity index (χ1) is 14.9. The second-order valence-corrected chi connectivity index (χ2v) is 8.32.